The quantitative estimate of drug-likeness (QED) is 0.918. The molecule has 0 saturated carbocycles. The first kappa shape index (κ1) is 16.5. The number of carbonyl (C=O) groups excluding carboxylic acids is 1. The monoisotopic (exact) mass is 328 g/mol. The van der Waals surface area contributed by atoms with Crippen LogP contribution in [0.5, 0.6) is 0 Å². The average Bonchev–Trinajstić information content (AvgIpc) is 3.17. The summed E-state index contributed by atoms with van der Waals surface area (Å²) < 4.78 is 5.21. The second-order valence-electron chi connectivity index (χ2n) is 7.51. The van der Waals surface area contributed by atoms with Crippen molar-refractivity contribution < 1.29 is 9.21 Å². The van der Waals surface area contributed by atoms with Gasteiger partial charge in [-0.25, -0.2) is 4.79 Å². The molecule has 0 aliphatic carbocycles. The summed E-state index contributed by atoms with van der Waals surface area (Å²) in [6, 6.07) is 7.73. The smallest absolute Gasteiger partial charge is 0.322 e. The van der Waals surface area contributed by atoms with Gasteiger partial charge in [0.05, 0.1) is 0 Å². The average molecular weight is 328 g/mol. The number of likely N-dealkylation sites (tertiary alicyclic amines) is 1. The zero-order chi connectivity index (χ0) is 17.2. The van der Waals surface area contributed by atoms with Gasteiger partial charge in [-0.05, 0) is 42.9 Å². The Labute approximate surface area is 142 Å². The summed E-state index contributed by atoms with van der Waals surface area (Å²) in [7, 11) is 0. The van der Waals surface area contributed by atoms with Crippen molar-refractivity contribution in [2.75, 3.05) is 11.9 Å². The molecule has 0 unspecified atom stereocenters. The van der Waals surface area contributed by atoms with Crippen molar-refractivity contribution >= 4 is 11.7 Å². The normalized spacial score (nSPS) is 18.0. The molecule has 6 nitrogen and oxygen atoms in total. The minimum absolute atomic E-state index is 0.0376. The van der Waals surface area contributed by atoms with Gasteiger partial charge < -0.3 is 14.6 Å². The molecule has 2 aromatic rings. The Hall–Kier alpha value is -2.37. The Morgan fingerprint density at radius 2 is 2.25 bits per heavy atom. The van der Waals surface area contributed by atoms with Crippen LogP contribution in [0.4, 0.5) is 10.5 Å². The third-order valence-electron chi connectivity index (χ3n) is 4.21. The number of benzene rings is 1. The van der Waals surface area contributed by atoms with Crippen molar-refractivity contribution in [3.05, 3.63) is 30.7 Å². The molecule has 1 fully saturated rings. The second-order valence-corrected chi connectivity index (χ2v) is 7.51. The third-order valence-corrected chi connectivity index (χ3v) is 4.21. The van der Waals surface area contributed by atoms with E-state index in [9.17, 15) is 4.79 Å². The molecule has 2 amide bonds. The second kappa shape index (κ2) is 6.63. The summed E-state index contributed by atoms with van der Waals surface area (Å²) in [6.07, 6.45) is 4.45. The third kappa shape index (κ3) is 3.93. The molecule has 1 aliphatic rings. The largest absolute Gasteiger partial charge is 0.423 e. The molecule has 1 saturated heterocycles. The Balaban J connectivity index is 1.69. The van der Waals surface area contributed by atoms with Gasteiger partial charge in [-0.15, -0.1) is 10.2 Å². The lowest BCUT2D eigenvalue weighted by Crippen LogP contribution is -2.40. The van der Waals surface area contributed by atoms with Crippen LogP contribution < -0.4 is 5.32 Å². The van der Waals surface area contributed by atoms with Gasteiger partial charge in [0, 0.05) is 23.8 Å². The van der Waals surface area contributed by atoms with Gasteiger partial charge >= 0.3 is 6.03 Å². The Morgan fingerprint density at radius 1 is 1.42 bits per heavy atom. The maximum atomic E-state index is 12.7. The van der Waals surface area contributed by atoms with Crippen molar-refractivity contribution in [2.45, 2.75) is 46.1 Å². The number of amides is 2. The van der Waals surface area contributed by atoms with E-state index in [-0.39, 0.29) is 11.4 Å². The predicted octanol–water partition coefficient (Wildman–Crippen LogP) is 4.17. The summed E-state index contributed by atoms with van der Waals surface area (Å²) >= 11 is 0. The number of hydrogen-bond acceptors (Lipinski definition) is 4. The Bertz CT molecular complexity index is 691. The van der Waals surface area contributed by atoms with Gasteiger partial charge in [0.15, 0.2) is 0 Å². The zero-order valence-corrected chi connectivity index (χ0v) is 14.5. The minimum Gasteiger partial charge on any atom is -0.423 e. The zero-order valence-electron chi connectivity index (χ0n) is 14.5. The van der Waals surface area contributed by atoms with Crippen molar-refractivity contribution in [3.63, 3.8) is 0 Å². The molecule has 24 heavy (non-hydrogen) atoms. The van der Waals surface area contributed by atoms with E-state index in [1.165, 1.54) is 6.39 Å². The highest BCUT2D eigenvalue weighted by Gasteiger charge is 2.31. The fraction of sp³-hybridized carbons (Fsp3) is 0.500. The number of rotatable bonds is 3. The molecule has 128 valence electrons. The molecule has 2 heterocycles. The van der Waals surface area contributed by atoms with Gasteiger partial charge in [0.2, 0.25) is 12.3 Å². The molecule has 1 aromatic carbocycles. The molecule has 0 bridgehead atoms. The van der Waals surface area contributed by atoms with Gasteiger partial charge in [0.25, 0.3) is 0 Å². The molecule has 1 aromatic heterocycles. The van der Waals surface area contributed by atoms with Gasteiger partial charge in [0.1, 0.15) is 0 Å². The molecule has 0 spiro atoms. The number of aromatic nitrogens is 2. The van der Waals surface area contributed by atoms with Crippen LogP contribution in [0.2, 0.25) is 0 Å². The highest BCUT2D eigenvalue weighted by molar-refractivity contribution is 5.90. The van der Waals surface area contributed by atoms with E-state index in [0.29, 0.717) is 11.9 Å². The lowest BCUT2D eigenvalue weighted by atomic mass is 9.87. The maximum absolute atomic E-state index is 12.7. The van der Waals surface area contributed by atoms with E-state index in [1.807, 2.05) is 29.2 Å². The molecule has 1 aliphatic heterocycles. The summed E-state index contributed by atoms with van der Waals surface area (Å²) in [5.74, 6) is 0.442. The number of hydrogen-bond donors (Lipinski definition) is 1. The number of urea groups is 1. The van der Waals surface area contributed by atoms with E-state index in [0.717, 1.165) is 37.1 Å². The van der Waals surface area contributed by atoms with Gasteiger partial charge in [-0.3, -0.25) is 0 Å². The van der Waals surface area contributed by atoms with Crippen LogP contribution in [-0.2, 0) is 0 Å². The van der Waals surface area contributed by atoms with Crippen LogP contribution in [0, 0.1) is 5.41 Å². The first-order valence-corrected chi connectivity index (χ1v) is 8.37. The highest BCUT2D eigenvalue weighted by atomic mass is 16.4. The molecular weight excluding hydrogens is 304 g/mol. The standard InChI is InChI=1S/C18H24N4O2/c1-18(2,3)11-15-8-5-9-22(15)17(23)20-14-7-4-6-13(10-14)16-21-19-12-24-16/h4,6-7,10,12,15H,5,8-9,11H2,1-3H3,(H,20,23)/t15-/m1/s1. The van der Waals surface area contributed by atoms with E-state index in [4.69, 9.17) is 4.42 Å². The van der Waals surface area contributed by atoms with E-state index < -0.39 is 0 Å². The first-order chi connectivity index (χ1) is 11.4. The number of carbonyl (C=O) groups is 1. The lowest BCUT2D eigenvalue weighted by Gasteiger charge is -2.30. The van der Waals surface area contributed by atoms with Crippen molar-refractivity contribution in [1.82, 2.24) is 15.1 Å². The van der Waals surface area contributed by atoms with Crippen LogP contribution >= 0.6 is 0 Å². The van der Waals surface area contributed by atoms with Crippen LogP contribution in [-0.4, -0.2) is 33.7 Å². The lowest BCUT2D eigenvalue weighted by molar-refractivity contribution is 0.187. The van der Waals surface area contributed by atoms with Crippen molar-refractivity contribution in [1.29, 1.82) is 0 Å². The van der Waals surface area contributed by atoms with Crippen molar-refractivity contribution in [3.8, 4) is 11.5 Å². The number of nitrogens with one attached hydrogen (secondary N) is 1. The predicted molar refractivity (Wildman–Crippen MR) is 92.6 cm³/mol. The van der Waals surface area contributed by atoms with Crippen molar-refractivity contribution in [2.24, 2.45) is 5.41 Å². The molecular formula is C18H24N4O2. The summed E-state index contributed by atoms with van der Waals surface area (Å²) in [6.45, 7) is 7.47. The van der Waals surface area contributed by atoms with Gasteiger partial charge in [-0.1, -0.05) is 26.8 Å². The minimum atomic E-state index is -0.0376. The van der Waals surface area contributed by atoms with E-state index in [1.54, 1.807) is 0 Å². The number of nitrogens with zero attached hydrogens (tertiary/aromatic N) is 3. The summed E-state index contributed by atoms with van der Waals surface area (Å²) in [4.78, 5) is 14.6. The van der Waals surface area contributed by atoms with E-state index >= 15 is 0 Å². The molecule has 1 N–H and O–H groups in total. The Kier molecular flexibility index (Phi) is 4.55. The number of anilines is 1. The summed E-state index contributed by atoms with van der Waals surface area (Å²) in [5.41, 5.74) is 1.74. The molecule has 1 atom stereocenters. The van der Waals surface area contributed by atoms with Crippen LogP contribution in [0.15, 0.2) is 35.1 Å². The Morgan fingerprint density at radius 3 is 2.96 bits per heavy atom. The molecule has 3 rings (SSSR count). The summed E-state index contributed by atoms with van der Waals surface area (Å²) in [5, 5.41) is 10.6. The SMILES string of the molecule is CC(C)(C)C[C@H]1CCCN1C(=O)Nc1cccc(-c2nnco2)c1. The maximum Gasteiger partial charge on any atom is 0.322 e. The fourth-order valence-electron chi connectivity index (χ4n) is 3.25. The van der Waals surface area contributed by atoms with Crippen LogP contribution in [0.3, 0.4) is 0 Å². The van der Waals surface area contributed by atoms with E-state index in [2.05, 4.69) is 36.3 Å². The van der Waals surface area contributed by atoms with Crippen LogP contribution in [0.25, 0.3) is 11.5 Å². The fourth-order valence-corrected chi connectivity index (χ4v) is 3.25. The molecule has 6 heteroatoms. The first-order valence-electron chi connectivity index (χ1n) is 8.37. The topological polar surface area (TPSA) is 71.3 Å². The molecule has 0 radical (unpaired) electrons. The van der Waals surface area contributed by atoms with Gasteiger partial charge in [-0.2, -0.15) is 0 Å². The highest BCUT2D eigenvalue weighted by Crippen LogP contribution is 2.30. The van der Waals surface area contributed by atoms with Crippen LogP contribution in [0.1, 0.15) is 40.0 Å².